The van der Waals surface area contributed by atoms with Gasteiger partial charge in [-0.15, -0.1) is 11.3 Å². The van der Waals surface area contributed by atoms with Crippen LogP contribution in [0.25, 0.3) is 0 Å². The molecule has 0 atom stereocenters. The molecule has 0 aromatic carbocycles. The second kappa shape index (κ2) is 3.18. The molecule has 0 unspecified atom stereocenters. The summed E-state index contributed by atoms with van der Waals surface area (Å²) in [5.41, 5.74) is 2.32. The highest BCUT2D eigenvalue weighted by Crippen LogP contribution is 2.39. The third-order valence-corrected chi connectivity index (χ3v) is 3.84. The van der Waals surface area contributed by atoms with Crippen LogP contribution in [0.4, 0.5) is 5.69 Å². The lowest BCUT2D eigenvalue weighted by molar-refractivity contribution is 0.112. The summed E-state index contributed by atoms with van der Waals surface area (Å²) in [6.07, 6.45) is 3.09. The molecular formula is C8H8BrNOS. The lowest BCUT2D eigenvalue weighted by Gasteiger charge is -2.14. The lowest BCUT2D eigenvalue weighted by atomic mass is 10.1. The van der Waals surface area contributed by atoms with Crippen molar-refractivity contribution in [2.45, 2.75) is 12.8 Å². The summed E-state index contributed by atoms with van der Waals surface area (Å²) in [6, 6.07) is 0. The fourth-order valence-corrected chi connectivity index (χ4v) is 3.22. The van der Waals surface area contributed by atoms with Gasteiger partial charge in [-0.1, -0.05) is 0 Å². The number of nitrogens with one attached hydrogen (secondary N) is 1. The molecule has 0 bridgehead atoms. The maximum absolute atomic E-state index is 10.7. The molecule has 0 fully saturated rings. The molecule has 1 aromatic heterocycles. The number of thiophene rings is 1. The molecule has 1 N–H and O–H groups in total. The van der Waals surface area contributed by atoms with E-state index < -0.39 is 0 Å². The average molecular weight is 246 g/mol. The number of halogens is 1. The summed E-state index contributed by atoms with van der Waals surface area (Å²) in [7, 11) is 0. The van der Waals surface area contributed by atoms with E-state index in [1.54, 1.807) is 0 Å². The van der Waals surface area contributed by atoms with E-state index >= 15 is 0 Å². The summed E-state index contributed by atoms with van der Waals surface area (Å²) in [4.78, 5) is 11.5. The van der Waals surface area contributed by atoms with E-state index in [9.17, 15) is 4.79 Å². The molecule has 2 nitrogen and oxygen atoms in total. The molecule has 0 spiro atoms. The van der Waals surface area contributed by atoms with E-state index in [2.05, 4.69) is 21.2 Å². The summed E-state index contributed by atoms with van der Waals surface area (Å²) in [5, 5.41) is 3.29. The molecule has 12 heavy (non-hydrogen) atoms. The van der Waals surface area contributed by atoms with Gasteiger partial charge in [0.25, 0.3) is 0 Å². The molecule has 4 heteroatoms. The Hall–Kier alpha value is -0.350. The molecule has 0 saturated heterocycles. The van der Waals surface area contributed by atoms with Gasteiger partial charge in [-0.05, 0) is 34.3 Å². The predicted octanol–water partition coefficient (Wildman–Crippen LogP) is 2.68. The molecule has 2 rings (SSSR count). The smallest absolute Gasteiger partial charge is 0.160 e. The molecular weight excluding hydrogens is 238 g/mol. The minimum atomic E-state index is 0.865. The van der Waals surface area contributed by atoms with Gasteiger partial charge in [-0.25, -0.2) is 0 Å². The Morgan fingerprint density at radius 2 is 2.42 bits per heavy atom. The SMILES string of the molecule is O=Cc1sc(Br)c2c1CCCN2. The normalized spacial score (nSPS) is 15.1. The van der Waals surface area contributed by atoms with Crippen LogP contribution in [0.15, 0.2) is 3.79 Å². The second-order valence-electron chi connectivity index (χ2n) is 2.74. The Balaban J connectivity index is 2.53. The number of hydrogen-bond donors (Lipinski definition) is 1. The minimum absolute atomic E-state index is 0.865. The van der Waals surface area contributed by atoms with Gasteiger partial charge in [0.2, 0.25) is 0 Å². The van der Waals surface area contributed by atoms with Crippen LogP contribution in [0.1, 0.15) is 21.7 Å². The van der Waals surface area contributed by atoms with Crippen molar-refractivity contribution in [2.24, 2.45) is 0 Å². The van der Waals surface area contributed by atoms with Crippen molar-refractivity contribution in [1.82, 2.24) is 0 Å². The topological polar surface area (TPSA) is 29.1 Å². The van der Waals surface area contributed by atoms with E-state index in [0.717, 1.165) is 40.0 Å². The van der Waals surface area contributed by atoms with Crippen molar-refractivity contribution in [1.29, 1.82) is 0 Å². The van der Waals surface area contributed by atoms with Crippen LogP contribution in [-0.4, -0.2) is 12.8 Å². The summed E-state index contributed by atoms with van der Waals surface area (Å²) < 4.78 is 1.05. The molecule has 2 heterocycles. The molecule has 0 saturated carbocycles. The monoisotopic (exact) mass is 245 g/mol. The Morgan fingerprint density at radius 1 is 1.58 bits per heavy atom. The molecule has 64 valence electrons. The highest BCUT2D eigenvalue weighted by Gasteiger charge is 2.18. The second-order valence-corrected chi connectivity index (χ2v) is 5.11. The van der Waals surface area contributed by atoms with Crippen molar-refractivity contribution >= 4 is 39.2 Å². The Bertz CT molecular complexity index is 321. The Kier molecular flexibility index (Phi) is 2.19. The Morgan fingerprint density at radius 3 is 3.17 bits per heavy atom. The first kappa shape index (κ1) is 8.26. The Labute approximate surface area is 83.1 Å². The quantitative estimate of drug-likeness (QED) is 0.772. The van der Waals surface area contributed by atoms with E-state index in [0.29, 0.717) is 0 Å². The highest BCUT2D eigenvalue weighted by molar-refractivity contribution is 9.11. The highest BCUT2D eigenvalue weighted by atomic mass is 79.9. The van der Waals surface area contributed by atoms with Crippen molar-refractivity contribution < 1.29 is 4.79 Å². The zero-order valence-corrected chi connectivity index (χ0v) is 8.80. The van der Waals surface area contributed by atoms with Gasteiger partial charge < -0.3 is 5.32 Å². The number of anilines is 1. The van der Waals surface area contributed by atoms with Crippen LogP contribution in [0.5, 0.6) is 0 Å². The molecule has 1 aromatic rings. The first-order chi connectivity index (χ1) is 5.83. The third-order valence-electron chi connectivity index (χ3n) is 2.01. The molecule has 0 radical (unpaired) electrons. The van der Waals surface area contributed by atoms with Crippen molar-refractivity contribution in [3.05, 3.63) is 14.2 Å². The molecule has 1 aliphatic heterocycles. The van der Waals surface area contributed by atoms with E-state index in [1.807, 2.05) is 0 Å². The maximum Gasteiger partial charge on any atom is 0.160 e. The van der Waals surface area contributed by atoms with Crippen LogP contribution in [-0.2, 0) is 6.42 Å². The summed E-state index contributed by atoms with van der Waals surface area (Å²) >= 11 is 4.96. The number of carbonyl (C=O) groups is 1. The fraction of sp³-hybridized carbons (Fsp3) is 0.375. The number of aldehydes is 1. The van der Waals surface area contributed by atoms with Crippen molar-refractivity contribution in [2.75, 3.05) is 11.9 Å². The van der Waals surface area contributed by atoms with Crippen molar-refractivity contribution in [3.63, 3.8) is 0 Å². The van der Waals surface area contributed by atoms with Crippen LogP contribution >= 0.6 is 27.3 Å². The minimum Gasteiger partial charge on any atom is -0.383 e. The van der Waals surface area contributed by atoms with E-state index in [1.165, 1.54) is 16.9 Å². The molecule has 0 amide bonds. The average Bonchev–Trinajstić information content (AvgIpc) is 2.44. The van der Waals surface area contributed by atoms with Crippen LogP contribution in [0.2, 0.25) is 0 Å². The van der Waals surface area contributed by atoms with Gasteiger partial charge in [0.1, 0.15) is 0 Å². The number of hydrogen-bond acceptors (Lipinski definition) is 3. The molecule has 0 aliphatic carbocycles. The van der Waals surface area contributed by atoms with E-state index in [4.69, 9.17) is 0 Å². The van der Waals surface area contributed by atoms with Crippen LogP contribution < -0.4 is 5.32 Å². The maximum atomic E-state index is 10.7. The lowest BCUT2D eigenvalue weighted by Crippen LogP contribution is -2.10. The standard InChI is InChI=1S/C8H8BrNOS/c9-8-7-5(2-1-3-10-7)6(4-11)12-8/h4,10H,1-3H2. The van der Waals surface area contributed by atoms with Crippen LogP contribution in [0.3, 0.4) is 0 Å². The van der Waals surface area contributed by atoms with Gasteiger partial charge in [0, 0.05) is 6.54 Å². The first-order valence-electron chi connectivity index (χ1n) is 3.83. The summed E-state index contributed by atoms with van der Waals surface area (Å²) in [5.74, 6) is 0. The van der Waals surface area contributed by atoms with Gasteiger partial charge >= 0.3 is 0 Å². The zero-order chi connectivity index (χ0) is 8.55. The third kappa shape index (κ3) is 1.19. The number of rotatable bonds is 1. The van der Waals surface area contributed by atoms with Gasteiger partial charge in [0.15, 0.2) is 6.29 Å². The first-order valence-corrected chi connectivity index (χ1v) is 5.44. The number of fused-ring (bicyclic) bond motifs is 1. The number of carbonyl (C=O) groups excluding carboxylic acids is 1. The zero-order valence-electron chi connectivity index (χ0n) is 6.39. The van der Waals surface area contributed by atoms with Gasteiger partial charge in [-0.3, -0.25) is 4.79 Å². The van der Waals surface area contributed by atoms with Gasteiger partial charge in [0.05, 0.1) is 14.4 Å². The fourth-order valence-electron chi connectivity index (χ4n) is 1.45. The molecule has 1 aliphatic rings. The van der Waals surface area contributed by atoms with Crippen LogP contribution in [0, 0.1) is 0 Å². The predicted molar refractivity (Wildman–Crippen MR) is 54.2 cm³/mol. The summed E-state index contributed by atoms with van der Waals surface area (Å²) in [6.45, 7) is 1.01. The van der Waals surface area contributed by atoms with E-state index in [-0.39, 0.29) is 0 Å². The van der Waals surface area contributed by atoms with Crippen molar-refractivity contribution in [3.8, 4) is 0 Å². The van der Waals surface area contributed by atoms with Gasteiger partial charge in [-0.2, -0.15) is 0 Å². The largest absolute Gasteiger partial charge is 0.383 e.